The Labute approximate surface area is 179 Å². The van der Waals surface area contributed by atoms with Crippen LogP contribution in [0, 0.1) is 0 Å². The maximum absolute atomic E-state index is 12.9. The summed E-state index contributed by atoms with van der Waals surface area (Å²) in [4.78, 5) is 30.9. The number of nitrogens with zero attached hydrogens (tertiary/aromatic N) is 6. The Kier molecular flexibility index (Phi) is 3.58. The molecule has 8 nitrogen and oxygen atoms in total. The van der Waals surface area contributed by atoms with Crippen LogP contribution in [0.1, 0.15) is 28.7 Å². The maximum atomic E-state index is 12.9. The minimum Gasteiger partial charge on any atom is -0.357 e. The monoisotopic (exact) mass is 403 g/mol. The highest BCUT2D eigenvalue weighted by Crippen LogP contribution is 2.24. The molecule has 4 aromatic rings. The van der Waals surface area contributed by atoms with E-state index in [9.17, 15) is 4.79 Å². The summed E-state index contributed by atoms with van der Waals surface area (Å²) in [6, 6.07) is 6.54. The van der Waals surface area contributed by atoms with Crippen LogP contribution in [0.4, 0.5) is 11.6 Å². The molecule has 0 bridgehead atoms. The van der Waals surface area contributed by atoms with E-state index in [0.717, 1.165) is 21.5 Å². The number of aromatic nitrogens is 5. The third kappa shape index (κ3) is 3.47. The number of carbonyl (C=O) groups is 1. The first-order chi connectivity index (χ1) is 16.1. The molecule has 1 aliphatic rings. The fraction of sp³-hybridized carbons (Fsp3) is 0.227. The van der Waals surface area contributed by atoms with Crippen molar-refractivity contribution in [2.75, 3.05) is 23.2 Å². The van der Waals surface area contributed by atoms with E-state index in [4.69, 9.17) is 5.48 Å². The van der Waals surface area contributed by atoms with Crippen LogP contribution in [-0.2, 0) is 7.05 Å². The van der Waals surface area contributed by atoms with Crippen LogP contribution in [0.2, 0.25) is 0 Å². The largest absolute Gasteiger partial charge is 0.357 e. The summed E-state index contributed by atoms with van der Waals surface area (Å²) >= 11 is 0. The van der Waals surface area contributed by atoms with Crippen molar-refractivity contribution in [1.82, 2.24) is 24.5 Å². The Bertz CT molecular complexity index is 1390. The van der Waals surface area contributed by atoms with Gasteiger partial charge in [0.2, 0.25) is 0 Å². The number of rotatable bonds is 4. The Hall–Kier alpha value is -3.81. The lowest BCUT2D eigenvalue weighted by atomic mass is 10.1. The first-order valence-corrected chi connectivity index (χ1v) is 9.44. The van der Waals surface area contributed by atoms with Gasteiger partial charge in [-0.25, -0.2) is 15.0 Å². The van der Waals surface area contributed by atoms with Gasteiger partial charge in [-0.1, -0.05) is 0 Å². The lowest BCUT2D eigenvalue weighted by Crippen LogP contribution is -2.20. The number of imidazole rings is 1. The van der Waals surface area contributed by atoms with Gasteiger partial charge in [0, 0.05) is 54.4 Å². The van der Waals surface area contributed by atoms with Crippen LogP contribution in [0.15, 0.2) is 55.4 Å². The van der Waals surface area contributed by atoms with Gasteiger partial charge in [-0.3, -0.25) is 9.78 Å². The van der Waals surface area contributed by atoms with Crippen LogP contribution in [0.25, 0.3) is 22.2 Å². The number of fused-ring (bicyclic) bond motifs is 1. The van der Waals surface area contributed by atoms with Gasteiger partial charge in [-0.15, -0.1) is 0 Å². The van der Waals surface area contributed by atoms with E-state index >= 15 is 0 Å². The Balaban J connectivity index is 1.42. The lowest BCUT2D eigenvalue weighted by Gasteiger charge is -2.16. The number of pyridine rings is 3. The Morgan fingerprint density at radius 3 is 2.77 bits per heavy atom. The predicted molar refractivity (Wildman–Crippen MR) is 115 cm³/mol. The van der Waals surface area contributed by atoms with E-state index in [1.807, 2.05) is 17.7 Å². The molecule has 1 N–H and O–H groups in total. The molecule has 0 radical (unpaired) electrons. The van der Waals surface area contributed by atoms with Gasteiger partial charge < -0.3 is 14.8 Å². The fourth-order valence-corrected chi connectivity index (χ4v) is 3.30. The first kappa shape index (κ1) is 14.2. The molecule has 0 unspecified atom stereocenters. The molecule has 0 saturated carbocycles. The molecular weight excluding hydrogens is 378 g/mol. The average Bonchev–Trinajstić information content (AvgIpc) is 3.32. The van der Waals surface area contributed by atoms with Crippen LogP contribution in [0.5, 0.6) is 0 Å². The molecular formula is C22H21N7O. The summed E-state index contributed by atoms with van der Waals surface area (Å²) in [6.07, 6.45) is 8.21. The van der Waals surface area contributed by atoms with Crippen molar-refractivity contribution < 1.29 is 10.3 Å². The molecule has 0 aliphatic carbocycles. The summed E-state index contributed by atoms with van der Waals surface area (Å²) < 4.78 is 34.5. The third-order valence-corrected chi connectivity index (χ3v) is 4.82. The topological polar surface area (TPSA) is 88.8 Å². The molecule has 1 fully saturated rings. The second-order valence-corrected chi connectivity index (χ2v) is 6.88. The molecule has 4 aromatic heterocycles. The highest BCUT2D eigenvalue weighted by molar-refractivity contribution is 6.04. The van der Waals surface area contributed by atoms with Crippen LogP contribution in [0.3, 0.4) is 0 Å². The zero-order chi connectivity index (χ0) is 24.1. The number of anilines is 2. The molecule has 0 spiro atoms. The standard InChI is InChI=1S/C22H21N7O/c1-28-14-23-13-19(28)17-8-16-9-20(26-12-18(16)25-11-17)27-22(30)15-4-5-24-21(10-15)29-6-2-3-7-29/h4-5,8-14H,2-3,6-7H2,1H3,(H,26,27,30)/i6D2,7D2. The van der Waals surface area contributed by atoms with Gasteiger partial charge in [0.05, 0.1) is 29.9 Å². The minimum atomic E-state index is -1.90. The quantitative estimate of drug-likeness (QED) is 0.563. The predicted octanol–water partition coefficient (Wildman–Crippen LogP) is 3.28. The minimum absolute atomic E-state index is 0.0357. The summed E-state index contributed by atoms with van der Waals surface area (Å²) in [5.41, 5.74) is 2.67. The van der Waals surface area contributed by atoms with Gasteiger partial charge in [-0.2, -0.15) is 0 Å². The highest BCUT2D eigenvalue weighted by Gasteiger charge is 2.16. The van der Waals surface area contributed by atoms with E-state index in [2.05, 4.69) is 25.3 Å². The van der Waals surface area contributed by atoms with E-state index in [0.29, 0.717) is 11.3 Å². The van der Waals surface area contributed by atoms with Gasteiger partial charge in [0.1, 0.15) is 11.6 Å². The van der Waals surface area contributed by atoms with E-state index in [1.165, 1.54) is 18.3 Å². The van der Waals surface area contributed by atoms with Gasteiger partial charge >= 0.3 is 0 Å². The number of hydrogen-bond donors (Lipinski definition) is 1. The molecule has 5 heterocycles. The van der Waals surface area contributed by atoms with Gasteiger partial charge in [0.25, 0.3) is 5.91 Å². The molecule has 8 heteroatoms. The number of aryl methyl sites for hydroxylation is 1. The smallest absolute Gasteiger partial charge is 0.257 e. The maximum Gasteiger partial charge on any atom is 0.257 e. The average molecular weight is 403 g/mol. The molecule has 1 amide bonds. The van der Waals surface area contributed by atoms with Crippen LogP contribution >= 0.6 is 0 Å². The van der Waals surface area contributed by atoms with Crippen molar-refractivity contribution in [3.05, 3.63) is 60.9 Å². The summed E-state index contributed by atoms with van der Waals surface area (Å²) in [5.74, 6) is -0.0742. The zero-order valence-electron chi connectivity index (χ0n) is 20.2. The Morgan fingerprint density at radius 2 is 1.97 bits per heavy atom. The lowest BCUT2D eigenvalue weighted by molar-refractivity contribution is 0.102. The Morgan fingerprint density at radius 1 is 1.10 bits per heavy atom. The van der Waals surface area contributed by atoms with Crippen molar-refractivity contribution in [2.24, 2.45) is 7.05 Å². The van der Waals surface area contributed by atoms with Crippen molar-refractivity contribution in [2.45, 2.75) is 12.8 Å². The van der Waals surface area contributed by atoms with E-state index < -0.39 is 18.9 Å². The van der Waals surface area contributed by atoms with Gasteiger partial charge in [0.15, 0.2) is 0 Å². The molecule has 0 aromatic carbocycles. The summed E-state index contributed by atoms with van der Waals surface area (Å²) in [7, 11) is 1.90. The SMILES string of the molecule is [2H]C1([2H])CCC([2H])([2H])N1c1cc(C(=O)Nc2cc3cc(-c4cncn4C)cnc3cn2)ccn1. The number of amides is 1. The molecule has 1 saturated heterocycles. The van der Waals surface area contributed by atoms with Crippen molar-refractivity contribution >= 4 is 28.4 Å². The summed E-state index contributed by atoms with van der Waals surface area (Å²) in [6.45, 7) is -3.80. The van der Waals surface area contributed by atoms with Gasteiger partial charge in [-0.05, 0) is 37.1 Å². The summed E-state index contributed by atoms with van der Waals surface area (Å²) in [5, 5.41) is 3.54. The number of carbonyl (C=O) groups excluding carboxylic acids is 1. The number of hydrogen-bond acceptors (Lipinski definition) is 6. The van der Waals surface area contributed by atoms with Crippen molar-refractivity contribution in [3.8, 4) is 11.3 Å². The van der Waals surface area contributed by atoms with Crippen molar-refractivity contribution in [1.29, 1.82) is 0 Å². The second kappa shape index (κ2) is 7.55. The van der Waals surface area contributed by atoms with Crippen LogP contribution in [-0.4, -0.2) is 43.4 Å². The fourth-order valence-electron chi connectivity index (χ4n) is 3.30. The van der Waals surface area contributed by atoms with Crippen LogP contribution < -0.4 is 10.2 Å². The molecule has 1 aliphatic heterocycles. The first-order valence-electron chi connectivity index (χ1n) is 11.4. The normalized spacial score (nSPS) is 19.0. The molecule has 5 rings (SSSR count). The molecule has 0 atom stereocenters. The van der Waals surface area contributed by atoms with Crippen molar-refractivity contribution in [3.63, 3.8) is 0 Å². The molecule has 30 heavy (non-hydrogen) atoms. The second-order valence-electron chi connectivity index (χ2n) is 6.88. The van der Waals surface area contributed by atoms with E-state index in [-0.39, 0.29) is 24.2 Å². The number of nitrogens with one attached hydrogen (secondary N) is 1. The highest BCUT2D eigenvalue weighted by atomic mass is 16.1. The zero-order valence-corrected chi connectivity index (χ0v) is 16.2. The third-order valence-electron chi connectivity index (χ3n) is 4.82. The molecule has 150 valence electrons. The van der Waals surface area contributed by atoms with E-state index in [1.54, 1.807) is 31.0 Å².